The molecule has 0 saturated carbocycles. The van der Waals surface area contributed by atoms with Crippen molar-refractivity contribution in [2.45, 2.75) is 52.5 Å². The third-order valence-corrected chi connectivity index (χ3v) is 8.24. The topological polar surface area (TPSA) is 44.4 Å². The molecule has 0 bridgehead atoms. The molecule has 1 saturated heterocycles. The molecular formula is C31H39ClN4O. The Kier molecular flexibility index (Phi) is 7.75. The summed E-state index contributed by atoms with van der Waals surface area (Å²) in [6, 6.07) is 12.8. The zero-order chi connectivity index (χ0) is 26.0. The highest BCUT2D eigenvalue weighted by Crippen LogP contribution is 2.43. The molecule has 1 aliphatic carbocycles. The summed E-state index contributed by atoms with van der Waals surface area (Å²) in [7, 11) is 0. The van der Waals surface area contributed by atoms with Gasteiger partial charge < -0.3 is 9.72 Å². The number of rotatable bonds is 8. The van der Waals surface area contributed by atoms with Gasteiger partial charge in [-0.25, -0.2) is 4.98 Å². The van der Waals surface area contributed by atoms with E-state index in [0.717, 1.165) is 73.1 Å². The van der Waals surface area contributed by atoms with E-state index in [1.807, 2.05) is 30.5 Å². The van der Waals surface area contributed by atoms with E-state index in [4.69, 9.17) is 16.3 Å². The largest absolute Gasteiger partial charge is 0.461 e. The third kappa shape index (κ3) is 6.46. The minimum absolute atomic E-state index is 0.348. The van der Waals surface area contributed by atoms with Crippen LogP contribution in [-0.2, 0) is 0 Å². The van der Waals surface area contributed by atoms with Crippen LogP contribution >= 0.6 is 11.6 Å². The molecule has 0 amide bonds. The Hall–Kier alpha value is -2.60. The number of hydrogen-bond donors (Lipinski definition) is 1. The lowest BCUT2D eigenvalue weighted by Gasteiger charge is -2.40. The zero-order valence-electron chi connectivity index (χ0n) is 22.4. The molecule has 2 aliphatic rings. The van der Waals surface area contributed by atoms with E-state index in [1.54, 1.807) is 11.8 Å². The van der Waals surface area contributed by atoms with Crippen LogP contribution in [0.4, 0.5) is 0 Å². The summed E-state index contributed by atoms with van der Waals surface area (Å²) in [6.07, 6.45) is 8.03. The van der Waals surface area contributed by atoms with Crippen LogP contribution in [0.1, 0.15) is 52.0 Å². The number of pyridine rings is 1. The minimum Gasteiger partial charge on any atom is -0.461 e. The summed E-state index contributed by atoms with van der Waals surface area (Å²) in [6.45, 7) is 16.6. The van der Waals surface area contributed by atoms with E-state index in [0.29, 0.717) is 11.5 Å². The number of nitrogens with one attached hydrogen (secondary N) is 1. The fraction of sp³-hybridized carbons (Fsp3) is 0.452. The van der Waals surface area contributed by atoms with Crippen LogP contribution in [0.15, 0.2) is 66.7 Å². The fourth-order valence-electron chi connectivity index (χ4n) is 5.74. The van der Waals surface area contributed by atoms with E-state index in [-0.39, 0.29) is 0 Å². The van der Waals surface area contributed by atoms with Gasteiger partial charge in [0.25, 0.3) is 0 Å². The van der Waals surface area contributed by atoms with Crippen molar-refractivity contribution >= 4 is 28.2 Å². The van der Waals surface area contributed by atoms with Gasteiger partial charge in [-0.15, -0.1) is 0 Å². The van der Waals surface area contributed by atoms with Crippen molar-refractivity contribution in [3.63, 3.8) is 0 Å². The van der Waals surface area contributed by atoms with Crippen molar-refractivity contribution in [3.05, 3.63) is 77.3 Å². The molecule has 37 heavy (non-hydrogen) atoms. The molecule has 3 heterocycles. The maximum Gasteiger partial charge on any atom is 0.145 e. The lowest BCUT2D eigenvalue weighted by molar-refractivity contribution is 0.103. The average molecular weight is 519 g/mol. The first-order valence-electron chi connectivity index (χ1n) is 13.5. The Bertz CT molecular complexity index is 1270. The third-order valence-electron chi connectivity index (χ3n) is 7.98. The number of allylic oxidation sites excluding steroid dienone is 1. The van der Waals surface area contributed by atoms with Gasteiger partial charge >= 0.3 is 0 Å². The molecule has 1 aliphatic heterocycles. The smallest absolute Gasteiger partial charge is 0.145 e. The first-order chi connectivity index (χ1) is 17.8. The van der Waals surface area contributed by atoms with Crippen molar-refractivity contribution in [3.8, 4) is 5.75 Å². The number of piperazine rings is 1. The molecule has 0 spiro atoms. The molecular weight excluding hydrogens is 480 g/mol. The standard InChI is InChI=1S/C31H39ClN4O/c1-22(17-23(2)37-28-18-25-10-12-33-30(25)34-20-28)36-15-13-35(14-16-36)21-26-9-11-31(3,4)19-29(26)24-5-7-27(32)8-6-24/h5-8,10,12,18,20,22H,2,9,11,13-17,19,21H2,1,3-4H3,(H,33,34). The van der Waals surface area contributed by atoms with Crippen molar-refractivity contribution < 1.29 is 4.74 Å². The molecule has 1 N–H and O–H groups in total. The Morgan fingerprint density at radius 1 is 1.16 bits per heavy atom. The fourth-order valence-corrected chi connectivity index (χ4v) is 5.86. The van der Waals surface area contributed by atoms with Crippen LogP contribution < -0.4 is 4.74 Å². The van der Waals surface area contributed by atoms with Crippen LogP contribution in [-0.4, -0.2) is 58.5 Å². The predicted molar refractivity (Wildman–Crippen MR) is 154 cm³/mol. The number of aromatic nitrogens is 2. The van der Waals surface area contributed by atoms with Crippen LogP contribution in [0.5, 0.6) is 5.75 Å². The van der Waals surface area contributed by atoms with E-state index >= 15 is 0 Å². The minimum atomic E-state index is 0.348. The van der Waals surface area contributed by atoms with Gasteiger partial charge in [-0.05, 0) is 67.0 Å². The maximum atomic E-state index is 6.18. The first kappa shape index (κ1) is 26.0. The van der Waals surface area contributed by atoms with Gasteiger partial charge in [-0.2, -0.15) is 0 Å². The maximum absolute atomic E-state index is 6.18. The second-order valence-corrected chi connectivity index (χ2v) is 12.0. The van der Waals surface area contributed by atoms with Crippen molar-refractivity contribution in [1.82, 2.24) is 19.8 Å². The van der Waals surface area contributed by atoms with Crippen molar-refractivity contribution in [2.75, 3.05) is 32.7 Å². The van der Waals surface area contributed by atoms with E-state index < -0.39 is 0 Å². The molecule has 2 aromatic heterocycles. The quantitative estimate of drug-likeness (QED) is 0.321. The lowest BCUT2D eigenvalue weighted by Crippen LogP contribution is -2.50. The summed E-state index contributed by atoms with van der Waals surface area (Å²) in [4.78, 5) is 12.7. The molecule has 1 unspecified atom stereocenters. The molecule has 5 nitrogen and oxygen atoms in total. The summed E-state index contributed by atoms with van der Waals surface area (Å²) in [5.74, 6) is 1.53. The molecule has 0 radical (unpaired) electrons. The SMILES string of the molecule is C=C(CC(C)N1CCN(CC2=C(c3ccc(Cl)cc3)CC(C)(C)CC2)CC1)Oc1cnc2[nH]ccc2c1. The lowest BCUT2D eigenvalue weighted by atomic mass is 9.72. The van der Waals surface area contributed by atoms with Crippen LogP contribution in [0.25, 0.3) is 16.6 Å². The van der Waals surface area contributed by atoms with Crippen molar-refractivity contribution in [2.24, 2.45) is 5.41 Å². The Morgan fingerprint density at radius 3 is 2.68 bits per heavy atom. The molecule has 1 atom stereocenters. The van der Waals surface area contributed by atoms with E-state index in [9.17, 15) is 0 Å². The Morgan fingerprint density at radius 2 is 1.92 bits per heavy atom. The Balaban J connectivity index is 1.15. The first-order valence-corrected chi connectivity index (χ1v) is 13.9. The number of fused-ring (bicyclic) bond motifs is 1. The molecule has 196 valence electrons. The van der Waals surface area contributed by atoms with Crippen LogP contribution in [0.2, 0.25) is 5.02 Å². The zero-order valence-corrected chi connectivity index (χ0v) is 23.2. The van der Waals surface area contributed by atoms with Gasteiger partial charge in [-0.1, -0.05) is 49.7 Å². The summed E-state index contributed by atoms with van der Waals surface area (Å²) < 4.78 is 6.03. The van der Waals surface area contributed by atoms with E-state index in [2.05, 4.69) is 59.3 Å². The number of ether oxygens (including phenoxy) is 1. The number of halogens is 1. The van der Waals surface area contributed by atoms with Gasteiger partial charge in [0.1, 0.15) is 11.4 Å². The highest BCUT2D eigenvalue weighted by Gasteiger charge is 2.29. The molecule has 5 rings (SSSR count). The van der Waals surface area contributed by atoms with Gasteiger partial charge in [-0.3, -0.25) is 9.80 Å². The van der Waals surface area contributed by atoms with Gasteiger partial charge in [0.05, 0.1) is 12.0 Å². The molecule has 6 heteroatoms. The summed E-state index contributed by atoms with van der Waals surface area (Å²) in [5.41, 5.74) is 5.70. The number of nitrogens with zero attached hydrogens (tertiary/aromatic N) is 3. The molecule has 1 aromatic carbocycles. The number of benzene rings is 1. The highest BCUT2D eigenvalue weighted by molar-refractivity contribution is 6.30. The summed E-state index contributed by atoms with van der Waals surface area (Å²) in [5, 5.41) is 1.85. The number of aromatic amines is 1. The average Bonchev–Trinajstić information content (AvgIpc) is 3.34. The number of H-pyrrole nitrogens is 1. The van der Waals surface area contributed by atoms with Gasteiger partial charge in [0.15, 0.2) is 0 Å². The number of hydrogen-bond acceptors (Lipinski definition) is 4. The molecule has 1 fully saturated rings. The monoisotopic (exact) mass is 518 g/mol. The second kappa shape index (κ2) is 11.0. The second-order valence-electron chi connectivity index (χ2n) is 11.5. The van der Waals surface area contributed by atoms with Crippen LogP contribution in [0.3, 0.4) is 0 Å². The Labute approximate surface area is 226 Å². The molecule has 3 aromatic rings. The van der Waals surface area contributed by atoms with E-state index in [1.165, 1.54) is 24.0 Å². The van der Waals surface area contributed by atoms with Gasteiger partial charge in [0, 0.05) is 61.8 Å². The van der Waals surface area contributed by atoms with Crippen molar-refractivity contribution in [1.29, 1.82) is 0 Å². The highest BCUT2D eigenvalue weighted by atomic mass is 35.5. The van der Waals surface area contributed by atoms with Gasteiger partial charge in [0.2, 0.25) is 0 Å². The summed E-state index contributed by atoms with van der Waals surface area (Å²) >= 11 is 6.18. The van der Waals surface area contributed by atoms with Crippen LogP contribution in [0, 0.1) is 5.41 Å². The predicted octanol–water partition coefficient (Wildman–Crippen LogP) is 7.17. The normalized spacial score (nSPS) is 19.8.